The number of nitrogens with two attached hydrogens (primary N) is 1. The van der Waals surface area contributed by atoms with Crippen molar-refractivity contribution in [1.29, 1.82) is 0 Å². The highest BCUT2D eigenvalue weighted by atomic mass is 79.9. The molecule has 12 heavy (non-hydrogen) atoms. The lowest BCUT2D eigenvalue weighted by molar-refractivity contribution is 0.475. The summed E-state index contributed by atoms with van der Waals surface area (Å²) in [5, 5.41) is 9.43. The third-order valence-electron chi connectivity index (χ3n) is 1.45. The van der Waals surface area contributed by atoms with Crippen LogP contribution in [0.1, 0.15) is 5.56 Å². The average Bonchev–Trinajstić information content (AvgIpc) is 1.98. The van der Waals surface area contributed by atoms with Gasteiger partial charge in [0.1, 0.15) is 5.75 Å². The van der Waals surface area contributed by atoms with Crippen LogP contribution in [-0.4, -0.2) is 11.7 Å². The molecule has 0 unspecified atom stereocenters. The smallest absolute Gasteiger partial charge is 0.134 e. The summed E-state index contributed by atoms with van der Waals surface area (Å²) in [7, 11) is 0. The number of halogens is 2. The molecule has 0 amide bonds. The van der Waals surface area contributed by atoms with Gasteiger partial charge in [0.05, 0.1) is 5.02 Å². The summed E-state index contributed by atoms with van der Waals surface area (Å²) in [6.45, 7) is 0.598. The van der Waals surface area contributed by atoms with Crippen LogP contribution in [0.5, 0.6) is 5.75 Å². The van der Waals surface area contributed by atoms with Gasteiger partial charge in [-0.1, -0.05) is 17.7 Å². The van der Waals surface area contributed by atoms with Crippen molar-refractivity contribution in [2.24, 2.45) is 5.73 Å². The van der Waals surface area contributed by atoms with Crippen molar-refractivity contribution < 1.29 is 5.11 Å². The van der Waals surface area contributed by atoms with E-state index in [2.05, 4.69) is 0 Å². The molecule has 0 saturated carbocycles. The fourth-order valence-corrected chi connectivity index (χ4v) is 1.08. The molecule has 1 aromatic rings. The van der Waals surface area contributed by atoms with Crippen molar-refractivity contribution in [3.8, 4) is 5.75 Å². The normalized spacial score (nSPS) is 9.17. The lowest BCUT2D eigenvalue weighted by Gasteiger charge is -2.00. The lowest BCUT2D eigenvalue weighted by atomic mass is 10.1. The van der Waals surface area contributed by atoms with E-state index >= 15 is 0 Å². The van der Waals surface area contributed by atoms with Crippen molar-refractivity contribution in [1.82, 2.24) is 0 Å². The van der Waals surface area contributed by atoms with E-state index in [0.29, 0.717) is 11.6 Å². The first-order valence-corrected chi connectivity index (χ1v) is 3.79. The van der Waals surface area contributed by atoms with E-state index in [-0.39, 0.29) is 22.7 Å². The Morgan fingerprint density at radius 1 is 1.42 bits per heavy atom. The van der Waals surface area contributed by atoms with Crippen LogP contribution in [-0.2, 0) is 6.42 Å². The Labute approximate surface area is 87.1 Å². The Balaban J connectivity index is 0.00000121. The van der Waals surface area contributed by atoms with E-state index in [1.807, 2.05) is 6.07 Å². The van der Waals surface area contributed by atoms with Crippen molar-refractivity contribution in [3.05, 3.63) is 28.8 Å². The minimum absolute atomic E-state index is 0. The fraction of sp³-hybridized carbons (Fsp3) is 0.250. The quantitative estimate of drug-likeness (QED) is 0.847. The zero-order valence-corrected chi connectivity index (χ0v) is 8.93. The molecule has 0 spiro atoms. The molecule has 0 radical (unpaired) electrons. The molecule has 0 saturated heterocycles. The van der Waals surface area contributed by atoms with E-state index in [9.17, 15) is 0 Å². The Bertz CT molecular complexity index is 255. The summed E-state index contributed by atoms with van der Waals surface area (Å²) in [6, 6.07) is 5.12. The minimum Gasteiger partial charge on any atom is -0.506 e. The highest BCUT2D eigenvalue weighted by Crippen LogP contribution is 2.23. The second kappa shape index (κ2) is 5.41. The van der Waals surface area contributed by atoms with E-state index in [1.165, 1.54) is 0 Å². The van der Waals surface area contributed by atoms with Crippen LogP contribution in [0, 0.1) is 0 Å². The summed E-state index contributed by atoms with van der Waals surface area (Å²) < 4.78 is 0. The van der Waals surface area contributed by atoms with Gasteiger partial charge < -0.3 is 10.8 Å². The molecule has 0 fully saturated rings. The average molecular weight is 253 g/mol. The molecule has 4 heteroatoms. The Kier molecular flexibility index (Phi) is 5.29. The molecule has 3 N–H and O–H groups in total. The van der Waals surface area contributed by atoms with Gasteiger partial charge in [0, 0.05) is 0 Å². The van der Waals surface area contributed by atoms with E-state index in [1.54, 1.807) is 12.1 Å². The van der Waals surface area contributed by atoms with Crippen LogP contribution in [0.25, 0.3) is 0 Å². The first-order chi connectivity index (χ1) is 5.24. The zero-order valence-electron chi connectivity index (χ0n) is 6.46. The zero-order chi connectivity index (χ0) is 8.27. The Morgan fingerprint density at radius 3 is 2.58 bits per heavy atom. The molecule has 0 aliphatic heterocycles. The third kappa shape index (κ3) is 3.01. The van der Waals surface area contributed by atoms with Gasteiger partial charge in [0.2, 0.25) is 0 Å². The predicted octanol–water partition coefficient (Wildman–Crippen LogP) is 2.12. The van der Waals surface area contributed by atoms with Gasteiger partial charge in [-0.05, 0) is 30.7 Å². The standard InChI is InChI=1S/C8H10ClNO.BrH/c9-7-5-6(3-4-10)1-2-8(7)11;/h1-2,5,11H,3-4,10H2;1H. The Hall–Kier alpha value is -0.250. The largest absolute Gasteiger partial charge is 0.506 e. The molecule has 0 aliphatic carbocycles. The van der Waals surface area contributed by atoms with Crippen LogP contribution in [0.2, 0.25) is 5.02 Å². The van der Waals surface area contributed by atoms with Crippen molar-refractivity contribution >= 4 is 28.6 Å². The van der Waals surface area contributed by atoms with Gasteiger partial charge >= 0.3 is 0 Å². The van der Waals surface area contributed by atoms with Gasteiger partial charge in [-0.25, -0.2) is 0 Å². The second-order valence-electron chi connectivity index (χ2n) is 2.32. The van der Waals surface area contributed by atoms with Crippen LogP contribution >= 0.6 is 28.6 Å². The first-order valence-electron chi connectivity index (χ1n) is 3.41. The van der Waals surface area contributed by atoms with Crippen molar-refractivity contribution in [3.63, 3.8) is 0 Å². The SMILES string of the molecule is Br.NCCc1ccc(O)c(Cl)c1. The van der Waals surface area contributed by atoms with Crippen LogP contribution in [0.3, 0.4) is 0 Å². The molecular formula is C8H11BrClNO. The minimum atomic E-state index is 0. The second-order valence-corrected chi connectivity index (χ2v) is 2.73. The molecule has 68 valence electrons. The van der Waals surface area contributed by atoms with Gasteiger partial charge in [-0.15, -0.1) is 17.0 Å². The van der Waals surface area contributed by atoms with Gasteiger partial charge in [-0.3, -0.25) is 0 Å². The first kappa shape index (κ1) is 11.8. The fourth-order valence-electron chi connectivity index (χ4n) is 0.873. The van der Waals surface area contributed by atoms with Crippen molar-refractivity contribution in [2.45, 2.75) is 6.42 Å². The number of hydrogen-bond donors (Lipinski definition) is 2. The maximum absolute atomic E-state index is 9.05. The number of rotatable bonds is 2. The highest BCUT2D eigenvalue weighted by molar-refractivity contribution is 8.93. The van der Waals surface area contributed by atoms with E-state index in [0.717, 1.165) is 12.0 Å². The summed E-state index contributed by atoms with van der Waals surface area (Å²) in [5.41, 5.74) is 6.39. The summed E-state index contributed by atoms with van der Waals surface area (Å²) in [6.07, 6.45) is 0.792. The van der Waals surface area contributed by atoms with Gasteiger partial charge in [0.25, 0.3) is 0 Å². The monoisotopic (exact) mass is 251 g/mol. The lowest BCUT2D eigenvalue weighted by Crippen LogP contribution is -2.02. The maximum Gasteiger partial charge on any atom is 0.134 e. The number of phenolic OH excluding ortho intramolecular Hbond substituents is 1. The van der Waals surface area contributed by atoms with Gasteiger partial charge in [-0.2, -0.15) is 0 Å². The maximum atomic E-state index is 9.05. The summed E-state index contributed by atoms with van der Waals surface area (Å²) in [5.74, 6) is 0.118. The number of phenols is 1. The summed E-state index contributed by atoms with van der Waals surface area (Å²) >= 11 is 5.66. The number of aromatic hydroxyl groups is 1. The van der Waals surface area contributed by atoms with E-state index in [4.69, 9.17) is 22.4 Å². The molecule has 1 aromatic carbocycles. The number of benzene rings is 1. The Morgan fingerprint density at radius 2 is 2.08 bits per heavy atom. The van der Waals surface area contributed by atoms with Crippen LogP contribution in [0.15, 0.2) is 18.2 Å². The van der Waals surface area contributed by atoms with Crippen LogP contribution < -0.4 is 5.73 Å². The molecule has 0 atom stereocenters. The molecule has 0 aromatic heterocycles. The van der Waals surface area contributed by atoms with E-state index < -0.39 is 0 Å². The number of hydrogen-bond acceptors (Lipinski definition) is 2. The third-order valence-corrected chi connectivity index (χ3v) is 1.75. The molecule has 0 bridgehead atoms. The molecular weight excluding hydrogens is 241 g/mol. The van der Waals surface area contributed by atoms with Gasteiger partial charge in [0.15, 0.2) is 0 Å². The summed E-state index contributed by atoms with van der Waals surface area (Å²) in [4.78, 5) is 0. The molecule has 0 aliphatic rings. The van der Waals surface area contributed by atoms with Crippen LogP contribution in [0.4, 0.5) is 0 Å². The topological polar surface area (TPSA) is 46.2 Å². The highest BCUT2D eigenvalue weighted by Gasteiger charge is 1.97. The molecule has 1 rings (SSSR count). The van der Waals surface area contributed by atoms with Crippen molar-refractivity contribution in [2.75, 3.05) is 6.54 Å². The predicted molar refractivity (Wildman–Crippen MR) is 56.2 cm³/mol. The molecule has 2 nitrogen and oxygen atoms in total. The molecule has 0 heterocycles.